The Bertz CT molecular complexity index is 390. The smallest absolute Gasteiger partial charge is 0.226 e. The third-order valence-electron chi connectivity index (χ3n) is 2.86. The number of alkyl halides is 1. The molecule has 0 aromatic heterocycles. The van der Waals surface area contributed by atoms with E-state index in [-0.39, 0.29) is 5.91 Å². The molecule has 1 aromatic carbocycles. The van der Waals surface area contributed by atoms with E-state index in [9.17, 15) is 4.79 Å². The molecule has 1 aromatic rings. The summed E-state index contributed by atoms with van der Waals surface area (Å²) in [6.45, 7) is 4.11. The highest BCUT2D eigenvalue weighted by atomic mass is 79.9. The fourth-order valence-electron chi connectivity index (χ4n) is 1.85. The van der Waals surface area contributed by atoms with Crippen molar-refractivity contribution < 1.29 is 4.79 Å². The van der Waals surface area contributed by atoms with Gasteiger partial charge in [0.05, 0.1) is 0 Å². The molecule has 0 aliphatic rings. The zero-order chi connectivity index (χ0) is 12.8. The lowest BCUT2D eigenvalue weighted by Gasteiger charge is -2.20. The van der Waals surface area contributed by atoms with Crippen LogP contribution in [-0.2, 0) is 4.79 Å². The van der Waals surface area contributed by atoms with Crippen LogP contribution in [0.2, 0.25) is 0 Å². The maximum atomic E-state index is 12.0. The van der Waals surface area contributed by atoms with E-state index in [0.717, 1.165) is 29.4 Å². The first-order chi connectivity index (χ1) is 8.06. The Morgan fingerprint density at radius 1 is 1.29 bits per heavy atom. The second kappa shape index (κ2) is 6.80. The molecule has 0 aliphatic carbocycles. The quantitative estimate of drug-likeness (QED) is 0.597. The average Bonchev–Trinajstić information content (AvgIpc) is 2.28. The zero-order valence-corrected chi connectivity index (χ0v) is 12.4. The Hall–Kier alpha value is -0.830. The zero-order valence-electron chi connectivity index (χ0n) is 10.8. The molecule has 0 atom stereocenters. The van der Waals surface area contributed by atoms with Gasteiger partial charge in [0.25, 0.3) is 0 Å². The maximum Gasteiger partial charge on any atom is 0.226 e. The van der Waals surface area contributed by atoms with Crippen LogP contribution >= 0.6 is 15.9 Å². The number of rotatable bonds is 5. The SMILES string of the molecule is Cc1ccc(N(C)C(=O)CCCCBr)c(C)c1. The molecular weight excluding hydrogens is 278 g/mol. The minimum Gasteiger partial charge on any atom is -0.315 e. The summed E-state index contributed by atoms with van der Waals surface area (Å²) in [5.74, 6) is 0.193. The summed E-state index contributed by atoms with van der Waals surface area (Å²) in [5.41, 5.74) is 3.40. The molecule has 0 spiro atoms. The number of anilines is 1. The number of halogens is 1. The molecular formula is C14H20BrNO. The van der Waals surface area contributed by atoms with E-state index in [1.54, 1.807) is 4.90 Å². The van der Waals surface area contributed by atoms with Crippen molar-refractivity contribution >= 4 is 27.5 Å². The largest absolute Gasteiger partial charge is 0.315 e. The molecule has 0 unspecified atom stereocenters. The number of amides is 1. The molecule has 1 rings (SSSR count). The summed E-state index contributed by atoms with van der Waals surface area (Å²) >= 11 is 3.38. The van der Waals surface area contributed by atoms with Crippen molar-refractivity contribution in [1.29, 1.82) is 0 Å². The van der Waals surface area contributed by atoms with Gasteiger partial charge < -0.3 is 4.90 Å². The van der Waals surface area contributed by atoms with E-state index >= 15 is 0 Å². The van der Waals surface area contributed by atoms with Crippen LogP contribution in [0, 0.1) is 13.8 Å². The second-order valence-corrected chi connectivity index (χ2v) is 5.18. The fourth-order valence-corrected chi connectivity index (χ4v) is 2.25. The molecule has 3 heteroatoms. The van der Waals surface area contributed by atoms with Gasteiger partial charge in [-0.3, -0.25) is 4.79 Å². The highest BCUT2D eigenvalue weighted by molar-refractivity contribution is 9.09. The number of aryl methyl sites for hydroxylation is 2. The van der Waals surface area contributed by atoms with Crippen LogP contribution in [0.1, 0.15) is 30.4 Å². The van der Waals surface area contributed by atoms with Gasteiger partial charge in [-0.05, 0) is 38.3 Å². The van der Waals surface area contributed by atoms with Crippen LogP contribution in [-0.4, -0.2) is 18.3 Å². The molecule has 0 aliphatic heterocycles. The van der Waals surface area contributed by atoms with Gasteiger partial charge in [0, 0.05) is 24.5 Å². The Morgan fingerprint density at radius 3 is 2.59 bits per heavy atom. The highest BCUT2D eigenvalue weighted by Gasteiger charge is 2.12. The first kappa shape index (κ1) is 14.2. The van der Waals surface area contributed by atoms with Gasteiger partial charge in [-0.1, -0.05) is 33.6 Å². The molecule has 1 amide bonds. The molecule has 0 N–H and O–H groups in total. The van der Waals surface area contributed by atoms with Crippen LogP contribution in [0.25, 0.3) is 0 Å². The van der Waals surface area contributed by atoms with E-state index in [1.165, 1.54) is 5.56 Å². The first-order valence-corrected chi connectivity index (χ1v) is 7.08. The summed E-state index contributed by atoms with van der Waals surface area (Å²) in [4.78, 5) is 13.7. The molecule has 0 saturated carbocycles. The first-order valence-electron chi connectivity index (χ1n) is 5.96. The van der Waals surface area contributed by atoms with Crippen LogP contribution in [0.5, 0.6) is 0 Å². The lowest BCUT2D eigenvalue weighted by molar-refractivity contribution is -0.118. The van der Waals surface area contributed by atoms with Crippen molar-refractivity contribution in [2.24, 2.45) is 0 Å². The Balaban J connectivity index is 2.68. The van der Waals surface area contributed by atoms with Crippen LogP contribution in [0.4, 0.5) is 5.69 Å². The van der Waals surface area contributed by atoms with Crippen LogP contribution in [0.3, 0.4) is 0 Å². The summed E-state index contributed by atoms with van der Waals surface area (Å²) in [6.07, 6.45) is 2.61. The third kappa shape index (κ3) is 4.15. The molecule has 0 heterocycles. The predicted octanol–water partition coefficient (Wildman–Crippen LogP) is 3.83. The Labute approximate surface area is 112 Å². The molecule has 2 nitrogen and oxygen atoms in total. The van der Waals surface area contributed by atoms with E-state index in [1.807, 2.05) is 26.1 Å². The van der Waals surface area contributed by atoms with Gasteiger partial charge >= 0.3 is 0 Å². The Kier molecular flexibility index (Phi) is 5.69. The molecule has 0 bridgehead atoms. The summed E-state index contributed by atoms with van der Waals surface area (Å²) in [6, 6.07) is 6.18. The van der Waals surface area contributed by atoms with E-state index in [0.29, 0.717) is 6.42 Å². The number of carbonyl (C=O) groups excluding carboxylic acids is 1. The van der Waals surface area contributed by atoms with Crippen molar-refractivity contribution in [3.05, 3.63) is 29.3 Å². The third-order valence-corrected chi connectivity index (χ3v) is 3.42. The van der Waals surface area contributed by atoms with Crippen molar-refractivity contribution in [2.45, 2.75) is 33.1 Å². The van der Waals surface area contributed by atoms with Gasteiger partial charge in [-0.25, -0.2) is 0 Å². The lowest BCUT2D eigenvalue weighted by atomic mass is 10.1. The topological polar surface area (TPSA) is 20.3 Å². The van der Waals surface area contributed by atoms with E-state index in [4.69, 9.17) is 0 Å². The van der Waals surface area contributed by atoms with E-state index < -0.39 is 0 Å². The number of hydrogen-bond acceptors (Lipinski definition) is 1. The number of benzene rings is 1. The minimum absolute atomic E-state index is 0.193. The van der Waals surface area contributed by atoms with Crippen molar-refractivity contribution in [1.82, 2.24) is 0 Å². The Morgan fingerprint density at radius 2 is 2.00 bits per heavy atom. The molecule has 17 heavy (non-hydrogen) atoms. The van der Waals surface area contributed by atoms with Crippen molar-refractivity contribution in [3.63, 3.8) is 0 Å². The van der Waals surface area contributed by atoms with Crippen molar-refractivity contribution in [3.8, 4) is 0 Å². The van der Waals surface area contributed by atoms with Gasteiger partial charge in [-0.2, -0.15) is 0 Å². The molecule has 94 valence electrons. The van der Waals surface area contributed by atoms with E-state index in [2.05, 4.69) is 28.9 Å². The summed E-state index contributed by atoms with van der Waals surface area (Å²) in [5, 5.41) is 0.966. The number of unbranched alkanes of at least 4 members (excludes halogenated alkanes) is 1. The number of nitrogens with zero attached hydrogens (tertiary/aromatic N) is 1. The molecule has 0 radical (unpaired) electrons. The van der Waals surface area contributed by atoms with Crippen molar-refractivity contribution in [2.75, 3.05) is 17.3 Å². The normalized spacial score (nSPS) is 10.4. The lowest BCUT2D eigenvalue weighted by Crippen LogP contribution is -2.26. The number of carbonyl (C=O) groups is 1. The van der Waals surface area contributed by atoms with Gasteiger partial charge in [-0.15, -0.1) is 0 Å². The molecule has 0 fully saturated rings. The summed E-state index contributed by atoms with van der Waals surface area (Å²) in [7, 11) is 1.86. The van der Waals surface area contributed by atoms with Gasteiger partial charge in [0.15, 0.2) is 0 Å². The minimum atomic E-state index is 0.193. The fraction of sp³-hybridized carbons (Fsp3) is 0.500. The van der Waals surface area contributed by atoms with Crippen LogP contribution < -0.4 is 4.90 Å². The monoisotopic (exact) mass is 297 g/mol. The van der Waals surface area contributed by atoms with Gasteiger partial charge in [0.2, 0.25) is 5.91 Å². The highest BCUT2D eigenvalue weighted by Crippen LogP contribution is 2.20. The van der Waals surface area contributed by atoms with Gasteiger partial charge in [0.1, 0.15) is 0 Å². The predicted molar refractivity (Wildman–Crippen MR) is 77.0 cm³/mol. The van der Waals surface area contributed by atoms with Crippen LogP contribution in [0.15, 0.2) is 18.2 Å². The average molecular weight is 298 g/mol. The maximum absolute atomic E-state index is 12.0. The standard InChI is InChI=1S/C14H20BrNO/c1-11-7-8-13(12(2)10-11)16(3)14(17)6-4-5-9-15/h7-8,10H,4-6,9H2,1-3H3. The number of hydrogen-bond donors (Lipinski definition) is 0. The second-order valence-electron chi connectivity index (χ2n) is 4.39. The molecule has 0 saturated heterocycles. The summed E-state index contributed by atoms with van der Waals surface area (Å²) < 4.78 is 0.